The van der Waals surface area contributed by atoms with Crippen LogP contribution in [0.5, 0.6) is 5.75 Å². The van der Waals surface area contributed by atoms with Crippen molar-refractivity contribution in [3.05, 3.63) is 33.9 Å². The third kappa shape index (κ3) is 3.67. The Hall–Kier alpha value is -1.74. The molecule has 2 rings (SSSR count). The van der Waals surface area contributed by atoms with Crippen LogP contribution < -0.4 is 4.74 Å². The summed E-state index contributed by atoms with van der Waals surface area (Å²) in [7, 11) is 0. The first-order valence-corrected chi connectivity index (χ1v) is 7.66. The van der Waals surface area contributed by atoms with Crippen LogP contribution in [0.1, 0.15) is 37.7 Å². The van der Waals surface area contributed by atoms with Crippen LogP contribution in [-0.2, 0) is 0 Å². The third-order valence-electron chi connectivity index (χ3n) is 4.07. The number of hydrogen-bond acceptors (Lipinski definition) is 5. The lowest BCUT2D eigenvalue weighted by Gasteiger charge is -2.35. The van der Waals surface area contributed by atoms with Crippen molar-refractivity contribution in [2.75, 3.05) is 12.4 Å². The van der Waals surface area contributed by atoms with Crippen molar-refractivity contribution in [3.63, 3.8) is 0 Å². The van der Waals surface area contributed by atoms with Gasteiger partial charge in [0.25, 0.3) is 0 Å². The van der Waals surface area contributed by atoms with E-state index < -0.39 is 4.92 Å². The van der Waals surface area contributed by atoms with Gasteiger partial charge in [0, 0.05) is 11.5 Å². The zero-order valence-electron chi connectivity index (χ0n) is 11.7. The summed E-state index contributed by atoms with van der Waals surface area (Å²) in [4.78, 5) is 10.6. The van der Waals surface area contributed by atoms with E-state index in [2.05, 4.69) is 12.6 Å². The molecule has 0 heterocycles. The molecule has 1 aliphatic rings. The summed E-state index contributed by atoms with van der Waals surface area (Å²) >= 11 is 4.44. The van der Waals surface area contributed by atoms with Gasteiger partial charge in [-0.05, 0) is 30.7 Å². The van der Waals surface area contributed by atoms with Crippen LogP contribution in [-0.4, -0.2) is 17.3 Å². The third-order valence-corrected chi connectivity index (χ3v) is 4.74. The summed E-state index contributed by atoms with van der Waals surface area (Å²) in [6.07, 6.45) is 5.62. The standard InChI is InChI=1S/C15H18N2O3S/c16-9-12-4-5-14(13(8-12)17(18)19)20-10-15(11-21)6-2-1-3-7-15/h4-5,8,21H,1-3,6-7,10-11H2. The first-order valence-electron chi connectivity index (χ1n) is 7.02. The summed E-state index contributed by atoms with van der Waals surface area (Å²) in [5.41, 5.74) is 0.109. The number of nitriles is 1. The highest BCUT2D eigenvalue weighted by molar-refractivity contribution is 7.80. The lowest BCUT2D eigenvalue weighted by atomic mass is 9.76. The molecule has 0 bridgehead atoms. The molecule has 6 heteroatoms. The van der Waals surface area contributed by atoms with Crippen LogP contribution in [0.15, 0.2) is 18.2 Å². The number of nitrogens with zero attached hydrogens (tertiary/aromatic N) is 2. The number of rotatable bonds is 5. The highest BCUT2D eigenvalue weighted by Gasteiger charge is 2.32. The van der Waals surface area contributed by atoms with Gasteiger partial charge in [-0.2, -0.15) is 17.9 Å². The van der Waals surface area contributed by atoms with E-state index in [4.69, 9.17) is 10.00 Å². The van der Waals surface area contributed by atoms with Gasteiger partial charge in [-0.15, -0.1) is 0 Å². The normalized spacial score (nSPS) is 17.0. The van der Waals surface area contributed by atoms with Crippen molar-refractivity contribution in [1.29, 1.82) is 5.26 Å². The van der Waals surface area contributed by atoms with Gasteiger partial charge in [0.15, 0.2) is 5.75 Å². The number of nitro groups is 1. The fourth-order valence-corrected chi connectivity index (χ4v) is 3.14. The molecule has 21 heavy (non-hydrogen) atoms. The fourth-order valence-electron chi connectivity index (χ4n) is 2.73. The average molecular weight is 306 g/mol. The molecule has 0 aliphatic heterocycles. The van der Waals surface area contributed by atoms with Gasteiger partial charge in [-0.1, -0.05) is 19.3 Å². The van der Waals surface area contributed by atoms with Crippen LogP contribution >= 0.6 is 12.6 Å². The molecule has 0 spiro atoms. The van der Waals surface area contributed by atoms with E-state index in [-0.39, 0.29) is 22.4 Å². The molecular weight excluding hydrogens is 288 g/mol. The molecule has 112 valence electrons. The van der Waals surface area contributed by atoms with E-state index in [9.17, 15) is 10.1 Å². The molecule has 1 aliphatic carbocycles. The van der Waals surface area contributed by atoms with Gasteiger partial charge < -0.3 is 4.74 Å². The molecule has 1 fully saturated rings. The van der Waals surface area contributed by atoms with Crippen LogP contribution in [0.2, 0.25) is 0 Å². The highest BCUT2D eigenvalue weighted by atomic mass is 32.1. The second-order valence-electron chi connectivity index (χ2n) is 5.56. The first-order chi connectivity index (χ1) is 10.1. The van der Waals surface area contributed by atoms with E-state index >= 15 is 0 Å². The van der Waals surface area contributed by atoms with E-state index in [1.54, 1.807) is 0 Å². The average Bonchev–Trinajstić information content (AvgIpc) is 2.53. The fraction of sp³-hybridized carbons (Fsp3) is 0.533. The molecule has 0 radical (unpaired) electrons. The lowest BCUT2D eigenvalue weighted by molar-refractivity contribution is -0.386. The van der Waals surface area contributed by atoms with Crippen molar-refractivity contribution >= 4 is 18.3 Å². The Labute approximate surface area is 129 Å². The molecule has 0 unspecified atom stereocenters. The van der Waals surface area contributed by atoms with Crippen LogP contribution in [0.3, 0.4) is 0 Å². The smallest absolute Gasteiger partial charge is 0.312 e. The lowest BCUT2D eigenvalue weighted by Crippen LogP contribution is -2.33. The highest BCUT2D eigenvalue weighted by Crippen LogP contribution is 2.39. The quantitative estimate of drug-likeness (QED) is 0.511. The van der Waals surface area contributed by atoms with E-state index in [0.717, 1.165) is 31.4 Å². The molecular formula is C15H18N2O3S. The van der Waals surface area contributed by atoms with Gasteiger partial charge in [0.05, 0.1) is 23.2 Å². The van der Waals surface area contributed by atoms with E-state index in [1.807, 2.05) is 6.07 Å². The molecule has 1 aromatic rings. The molecule has 0 amide bonds. The van der Waals surface area contributed by atoms with Crippen LogP contribution in [0.25, 0.3) is 0 Å². The van der Waals surface area contributed by atoms with Crippen LogP contribution in [0, 0.1) is 26.9 Å². The molecule has 1 aromatic carbocycles. The number of ether oxygens (including phenoxy) is 1. The molecule has 1 saturated carbocycles. The SMILES string of the molecule is N#Cc1ccc(OCC2(CS)CCCCC2)c([N+](=O)[O-])c1. The topological polar surface area (TPSA) is 76.2 Å². The van der Waals surface area contributed by atoms with Gasteiger partial charge in [0.1, 0.15) is 0 Å². The number of nitro benzene ring substituents is 1. The Kier molecular flexibility index (Phi) is 5.07. The van der Waals surface area contributed by atoms with Gasteiger partial charge >= 0.3 is 5.69 Å². The zero-order valence-corrected chi connectivity index (χ0v) is 12.6. The van der Waals surface area contributed by atoms with Gasteiger partial charge in [-0.25, -0.2) is 0 Å². The summed E-state index contributed by atoms with van der Waals surface area (Å²) in [6, 6.07) is 6.20. The number of benzene rings is 1. The van der Waals surface area contributed by atoms with Crippen molar-refractivity contribution in [3.8, 4) is 11.8 Å². The largest absolute Gasteiger partial charge is 0.486 e. The van der Waals surface area contributed by atoms with Crippen molar-refractivity contribution in [2.24, 2.45) is 5.41 Å². The maximum Gasteiger partial charge on any atom is 0.312 e. The van der Waals surface area contributed by atoms with Gasteiger partial charge in [-0.3, -0.25) is 10.1 Å². The number of hydrogen-bond donors (Lipinski definition) is 1. The minimum Gasteiger partial charge on any atom is -0.486 e. The van der Waals surface area contributed by atoms with Crippen molar-refractivity contribution < 1.29 is 9.66 Å². The van der Waals surface area contributed by atoms with Crippen molar-refractivity contribution in [2.45, 2.75) is 32.1 Å². The second kappa shape index (κ2) is 6.81. The molecule has 0 N–H and O–H groups in total. The van der Waals surface area contributed by atoms with Gasteiger partial charge in [0.2, 0.25) is 0 Å². The van der Waals surface area contributed by atoms with Crippen LogP contribution in [0.4, 0.5) is 5.69 Å². The Morgan fingerprint density at radius 3 is 2.67 bits per heavy atom. The monoisotopic (exact) mass is 306 g/mol. The Morgan fingerprint density at radius 1 is 1.38 bits per heavy atom. The summed E-state index contributed by atoms with van der Waals surface area (Å²) < 4.78 is 5.73. The maximum absolute atomic E-state index is 11.1. The zero-order chi connectivity index (χ0) is 15.3. The Morgan fingerprint density at radius 2 is 2.10 bits per heavy atom. The Balaban J connectivity index is 2.15. The first kappa shape index (κ1) is 15.6. The minimum atomic E-state index is -0.510. The summed E-state index contributed by atoms with van der Waals surface area (Å²) in [5.74, 6) is 0.947. The molecule has 5 nitrogen and oxygen atoms in total. The van der Waals surface area contributed by atoms with E-state index in [0.29, 0.717) is 6.61 Å². The maximum atomic E-state index is 11.1. The molecule has 0 atom stereocenters. The second-order valence-corrected chi connectivity index (χ2v) is 5.88. The summed E-state index contributed by atoms with van der Waals surface area (Å²) in [5, 5.41) is 19.9. The van der Waals surface area contributed by atoms with Crippen molar-refractivity contribution in [1.82, 2.24) is 0 Å². The molecule has 0 saturated heterocycles. The van der Waals surface area contributed by atoms with E-state index in [1.165, 1.54) is 24.6 Å². The molecule has 0 aromatic heterocycles. The Bertz CT molecular complexity index is 563. The number of thiol groups is 1. The minimum absolute atomic E-state index is 0.00310. The predicted octanol–water partition coefficient (Wildman–Crippen LogP) is 3.73. The summed E-state index contributed by atoms with van der Waals surface area (Å²) in [6.45, 7) is 0.434. The predicted molar refractivity (Wildman–Crippen MR) is 82.7 cm³/mol.